The van der Waals surface area contributed by atoms with Gasteiger partial charge in [0.1, 0.15) is 5.52 Å². The van der Waals surface area contributed by atoms with Crippen LogP contribution in [-0.4, -0.2) is 52.0 Å². The molecule has 7 nitrogen and oxygen atoms in total. The van der Waals surface area contributed by atoms with E-state index >= 15 is 0 Å². The van der Waals surface area contributed by atoms with Crippen molar-refractivity contribution in [3.8, 4) is 0 Å². The van der Waals surface area contributed by atoms with Crippen molar-refractivity contribution < 1.29 is 4.79 Å². The second-order valence-corrected chi connectivity index (χ2v) is 6.58. The van der Waals surface area contributed by atoms with Gasteiger partial charge in [0, 0.05) is 32.4 Å². The maximum atomic E-state index is 12.4. The molecular formula is C20H26N6O. The highest BCUT2D eigenvalue weighted by molar-refractivity contribution is 5.96. The van der Waals surface area contributed by atoms with Gasteiger partial charge in [-0.15, -0.1) is 0 Å². The Hall–Kier alpha value is -2.93. The molecule has 27 heavy (non-hydrogen) atoms. The van der Waals surface area contributed by atoms with Gasteiger partial charge in [-0.2, -0.15) is 0 Å². The van der Waals surface area contributed by atoms with Crippen LogP contribution in [0.25, 0.3) is 11.2 Å². The minimum atomic E-state index is -0.148. The first kappa shape index (κ1) is 18.8. The molecule has 0 aliphatic rings. The molecule has 0 aliphatic heterocycles. The molecular weight excluding hydrogens is 340 g/mol. The lowest BCUT2D eigenvalue weighted by molar-refractivity contribution is 0.0949. The smallest absolute Gasteiger partial charge is 0.252 e. The number of pyridine rings is 1. The first-order valence-corrected chi connectivity index (χ1v) is 9.21. The van der Waals surface area contributed by atoms with Crippen LogP contribution in [0.2, 0.25) is 0 Å². The van der Waals surface area contributed by atoms with Gasteiger partial charge in [-0.05, 0) is 32.0 Å². The van der Waals surface area contributed by atoms with Crippen LogP contribution in [0, 0.1) is 0 Å². The highest BCUT2D eigenvalue weighted by Gasteiger charge is 2.12. The molecule has 0 fully saturated rings. The predicted octanol–water partition coefficient (Wildman–Crippen LogP) is 1.94. The van der Waals surface area contributed by atoms with E-state index in [2.05, 4.69) is 51.5 Å². The summed E-state index contributed by atoms with van der Waals surface area (Å²) >= 11 is 0. The summed E-state index contributed by atoms with van der Waals surface area (Å²) in [5, 5.41) is 2.94. The van der Waals surface area contributed by atoms with Crippen LogP contribution in [0.1, 0.15) is 22.8 Å². The number of rotatable bonds is 8. The predicted molar refractivity (Wildman–Crippen MR) is 108 cm³/mol. The van der Waals surface area contributed by atoms with Crippen molar-refractivity contribution >= 4 is 23.0 Å². The van der Waals surface area contributed by atoms with Gasteiger partial charge in [-0.25, -0.2) is 9.97 Å². The Bertz CT molecular complexity index is 905. The Kier molecular flexibility index (Phi) is 6.03. The zero-order valence-corrected chi connectivity index (χ0v) is 15.9. The topological polar surface area (TPSA) is 89.1 Å². The van der Waals surface area contributed by atoms with E-state index in [9.17, 15) is 4.79 Å². The average Bonchev–Trinajstić information content (AvgIpc) is 3.01. The number of hydrogen-bond donors (Lipinski definition) is 2. The van der Waals surface area contributed by atoms with Crippen LogP contribution >= 0.6 is 0 Å². The monoisotopic (exact) mass is 366 g/mol. The van der Waals surface area contributed by atoms with Gasteiger partial charge < -0.3 is 16.0 Å². The number of aromatic nitrogens is 3. The molecule has 142 valence electrons. The molecule has 0 saturated heterocycles. The van der Waals surface area contributed by atoms with Gasteiger partial charge in [-0.3, -0.25) is 9.36 Å². The summed E-state index contributed by atoms with van der Waals surface area (Å²) in [4.78, 5) is 23.2. The summed E-state index contributed by atoms with van der Waals surface area (Å²) in [6, 6.07) is 12.1. The number of benzene rings is 1. The average molecular weight is 366 g/mol. The molecule has 3 rings (SSSR count). The molecule has 0 spiro atoms. The molecule has 3 aromatic rings. The van der Waals surface area contributed by atoms with Crippen LogP contribution in [0.5, 0.6) is 0 Å². The number of nitrogen functional groups attached to an aromatic ring is 1. The molecule has 7 heteroatoms. The lowest BCUT2D eigenvalue weighted by Crippen LogP contribution is -2.33. The molecule has 1 amide bonds. The van der Waals surface area contributed by atoms with E-state index in [1.54, 1.807) is 12.3 Å². The molecule has 1 aromatic carbocycles. The van der Waals surface area contributed by atoms with Gasteiger partial charge in [0.2, 0.25) is 5.95 Å². The van der Waals surface area contributed by atoms with Crippen LogP contribution in [0.4, 0.5) is 5.95 Å². The molecule has 0 unspecified atom stereocenters. The van der Waals surface area contributed by atoms with Crippen LogP contribution in [0.15, 0.2) is 42.6 Å². The lowest BCUT2D eigenvalue weighted by Gasteiger charge is -2.16. The van der Waals surface area contributed by atoms with E-state index in [0.717, 1.165) is 19.5 Å². The third-order valence-electron chi connectivity index (χ3n) is 4.60. The highest BCUT2D eigenvalue weighted by Crippen LogP contribution is 2.16. The summed E-state index contributed by atoms with van der Waals surface area (Å²) in [6.07, 6.45) is 2.57. The lowest BCUT2D eigenvalue weighted by atomic mass is 10.1. The Labute approximate surface area is 159 Å². The molecule has 0 saturated carbocycles. The van der Waals surface area contributed by atoms with Gasteiger partial charge in [0.05, 0.1) is 5.56 Å². The van der Waals surface area contributed by atoms with Crippen molar-refractivity contribution in [2.75, 3.05) is 32.4 Å². The molecule has 2 heterocycles. The van der Waals surface area contributed by atoms with Gasteiger partial charge >= 0.3 is 0 Å². The minimum Gasteiger partial charge on any atom is -0.369 e. The fraction of sp³-hybridized carbons (Fsp3) is 0.350. The second kappa shape index (κ2) is 8.64. The van der Waals surface area contributed by atoms with E-state index in [-0.39, 0.29) is 5.91 Å². The third kappa shape index (κ3) is 4.62. The van der Waals surface area contributed by atoms with E-state index in [0.29, 0.717) is 35.8 Å². The maximum absolute atomic E-state index is 12.4. The van der Waals surface area contributed by atoms with E-state index in [1.165, 1.54) is 5.56 Å². The molecule has 2 aromatic heterocycles. The Morgan fingerprint density at radius 2 is 2.04 bits per heavy atom. The molecule has 0 atom stereocenters. The molecule has 3 N–H and O–H groups in total. The summed E-state index contributed by atoms with van der Waals surface area (Å²) in [6.45, 7) is 4.98. The number of imidazole rings is 1. The van der Waals surface area contributed by atoms with Crippen molar-refractivity contribution in [3.63, 3.8) is 0 Å². The number of carbonyl (C=O) groups excluding carboxylic acids is 1. The SMILES string of the molecule is CCn1c(N)nc2cc(C(=O)NCCN(C)CCc3ccccc3)cnc21. The summed E-state index contributed by atoms with van der Waals surface area (Å²) in [5.74, 6) is 0.267. The highest BCUT2D eigenvalue weighted by atomic mass is 16.1. The standard InChI is InChI=1S/C20H26N6O/c1-3-26-18-17(24-20(26)21)13-16(14-23-18)19(27)22-10-12-25(2)11-9-15-7-5-4-6-8-15/h4-8,13-14H,3,9-12H2,1-2H3,(H2,21,24)(H,22,27). The van der Waals surface area contributed by atoms with E-state index < -0.39 is 0 Å². The van der Waals surface area contributed by atoms with Gasteiger partial charge in [-0.1, -0.05) is 30.3 Å². The second-order valence-electron chi connectivity index (χ2n) is 6.58. The number of aryl methyl sites for hydroxylation is 1. The van der Waals surface area contributed by atoms with E-state index in [1.807, 2.05) is 17.6 Å². The van der Waals surface area contributed by atoms with Gasteiger partial charge in [0.15, 0.2) is 5.65 Å². The number of nitrogens with zero attached hydrogens (tertiary/aromatic N) is 4. The van der Waals surface area contributed by atoms with Crippen molar-refractivity contribution in [1.82, 2.24) is 24.8 Å². The van der Waals surface area contributed by atoms with Gasteiger partial charge in [0.25, 0.3) is 5.91 Å². The Balaban J connectivity index is 1.49. The summed E-state index contributed by atoms with van der Waals surface area (Å²) < 4.78 is 1.82. The first-order chi connectivity index (χ1) is 13.1. The quantitative estimate of drug-likeness (QED) is 0.636. The normalized spacial score (nSPS) is 11.2. The molecule has 0 aliphatic carbocycles. The van der Waals surface area contributed by atoms with Crippen molar-refractivity contribution in [1.29, 1.82) is 0 Å². The zero-order chi connectivity index (χ0) is 19.2. The third-order valence-corrected chi connectivity index (χ3v) is 4.60. The summed E-state index contributed by atoms with van der Waals surface area (Å²) in [5.41, 5.74) is 9.04. The van der Waals surface area contributed by atoms with Crippen LogP contribution in [-0.2, 0) is 13.0 Å². The number of carbonyl (C=O) groups is 1. The largest absolute Gasteiger partial charge is 0.369 e. The first-order valence-electron chi connectivity index (χ1n) is 9.21. The molecule has 0 radical (unpaired) electrons. The van der Waals surface area contributed by atoms with Crippen LogP contribution in [0.3, 0.4) is 0 Å². The van der Waals surface area contributed by atoms with Crippen LogP contribution < -0.4 is 11.1 Å². The minimum absolute atomic E-state index is 0.148. The number of hydrogen-bond acceptors (Lipinski definition) is 5. The number of nitrogens with one attached hydrogen (secondary N) is 1. The fourth-order valence-electron chi connectivity index (χ4n) is 3.00. The van der Waals surface area contributed by atoms with Crippen molar-refractivity contribution in [2.45, 2.75) is 19.9 Å². The number of anilines is 1. The number of fused-ring (bicyclic) bond motifs is 1. The Morgan fingerprint density at radius 1 is 1.26 bits per heavy atom. The molecule has 0 bridgehead atoms. The van der Waals surface area contributed by atoms with E-state index in [4.69, 9.17) is 5.73 Å². The fourth-order valence-corrected chi connectivity index (χ4v) is 3.00. The maximum Gasteiger partial charge on any atom is 0.252 e. The number of nitrogens with two attached hydrogens (primary N) is 1. The zero-order valence-electron chi connectivity index (χ0n) is 15.9. The number of likely N-dealkylation sites (N-methyl/N-ethyl adjacent to an activating group) is 1. The van der Waals surface area contributed by atoms with Crippen molar-refractivity contribution in [2.24, 2.45) is 0 Å². The van der Waals surface area contributed by atoms with Crippen molar-refractivity contribution in [3.05, 3.63) is 53.7 Å². The summed E-state index contributed by atoms with van der Waals surface area (Å²) in [7, 11) is 2.06. The number of amides is 1. The Morgan fingerprint density at radius 3 is 2.78 bits per heavy atom.